The molecule has 0 bridgehead atoms. The molecule has 0 fully saturated rings. The zero-order valence-electron chi connectivity index (χ0n) is 10.9. The lowest BCUT2D eigenvalue weighted by molar-refractivity contribution is 0.0716. The van der Waals surface area contributed by atoms with Crippen molar-refractivity contribution < 1.29 is 13.9 Å². The van der Waals surface area contributed by atoms with Crippen LogP contribution >= 0.6 is 0 Å². The molecule has 0 aromatic carbocycles. The summed E-state index contributed by atoms with van der Waals surface area (Å²) >= 11 is 0. The number of carbonyl (C=O) groups is 1. The highest BCUT2D eigenvalue weighted by Gasteiger charge is 2.17. The van der Waals surface area contributed by atoms with Gasteiger partial charge in [0.2, 0.25) is 0 Å². The summed E-state index contributed by atoms with van der Waals surface area (Å²) in [5, 5.41) is 0. The molecule has 1 amide bonds. The van der Waals surface area contributed by atoms with Gasteiger partial charge in [-0.05, 0) is 25.0 Å². The maximum Gasteiger partial charge on any atom is 0.289 e. The Morgan fingerprint density at radius 2 is 1.94 bits per heavy atom. The van der Waals surface area contributed by atoms with E-state index in [0.717, 1.165) is 25.9 Å². The second-order valence-corrected chi connectivity index (χ2v) is 3.99. The fourth-order valence-corrected chi connectivity index (χ4v) is 1.72. The third-order valence-electron chi connectivity index (χ3n) is 2.43. The first-order valence-corrected chi connectivity index (χ1v) is 6.09. The minimum Gasteiger partial charge on any atom is -0.453 e. The zero-order chi connectivity index (χ0) is 12.7. The molecule has 0 aliphatic carbocycles. The van der Waals surface area contributed by atoms with Crippen LogP contribution in [0.15, 0.2) is 16.5 Å². The van der Waals surface area contributed by atoms with E-state index in [9.17, 15) is 4.79 Å². The van der Waals surface area contributed by atoms with Crippen LogP contribution in [-0.4, -0.2) is 31.0 Å². The SMILES string of the molecule is CCCN(CCC)C(=O)c1ccc(COC)o1. The molecule has 0 atom stereocenters. The van der Waals surface area contributed by atoms with E-state index in [1.54, 1.807) is 19.2 Å². The topological polar surface area (TPSA) is 42.7 Å². The molecule has 0 unspecified atom stereocenters. The van der Waals surface area contributed by atoms with Gasteiger partial charge in [0.25, 0.3) is 5.91 Å². The molecule has 17 heavy (non-hydrogen) atoms. The van der Waals surface area contributed by atoms with Crippen molar-refractivity contribution in [2.24, 2.45) is 0 Å². The lowest BCUT2D eigenvalue weighted by Crippen LogP contribution is -2.32. The molecule has 1 aromatic rings. The Bertz CT molecular complexity index is 340. The van der Waals surface area contributed by atoms with Gasteiger partial charge in [0, 0.05) is 20.2 Å². The average Bonchev–Trinajstić information content (AvgIpc) is 2.77. The van der Waals surface area contributed by atoms with E-state index in [2.05, 4.69) is 13.8 Å². The number of nitrogens with zero attached hydrogens (tertiary/aromatic N) is 1. The Morgan fingerprint density at radius 3 is 2.47 bits per heavy atom. The highest BCUT2D eigenvalue weighted by atomic mass is 16.5. The van der Waals surface area contributed by atoms with Gasteiger partial charge in [-0.15, -0.1) is 0 Å². The number of furan rings is 1. The summed E-state index contributed by atoms with van der Waals surface area (Å²) in [6, 6.07) is 3.50. The molecule has 0 saturated heterocycles. The molecule has 0 N–H and O–H groups in total. The third kappa shape index (κ3) is 3.89. The maximum absolute atomic E-state index is 12.1. The van der Waals surface area contributed by atoms with Crippen LogP contribution in [-0.2, 0) is 11.3 Å². The number of amides is 1. The minimum atomic E-state index is -0.0314. The van der Waals surface area contributed by atoms with Gasteiger partial charge < -0.3 is 14.1 Å². The normalized spacial score (nSPS) is 10.5. The van der Waals surface area contributed by atoms with Crippen LogP contribution in [0.2, 0.25) is 0 Å². The molecular formula is C13H21NO3. The molecule has 1 rings (SSSR count). The average molecular weight is 239 g/mol. The fourth-order valence-electron chi connectivity index (χ4n) is 1.72. The lowest BCUT2D eigenvalue weighted by atomic mass is 10.3. The van der Waals surface area contributed by atoms with E-state index in [1.165, 1.54) is 0 Å². The maximum atomic E-state index is 12.1. The number of rotatable bonds is 7. The Kier molecular flexibility index (Phi) is 5.77. The second-order valence-electron chi connectivity index (χ2n) is 3.99. The Hall–Kier alpha value is -1.29. The highest BCUT2D eigenvalue weighted by molar-refractivity contribution is 5.91. The van der Waals surface area contributed by atoms with Gasteiger partial charge in [0.1, 0.15) is 12.4 Å². The van der Waals surface area contributed by atoms with Gasteiger partial charge in [-0.2, -0.15) is 0 Å². The number of carbonyl (C=O) groups excluding carboxylic acids is 1. The molecule has 96 valence electrons. The summed E-state index contributed by atoms with van der Waals surface area (Å²) < 4.78 is 10.4. The van der Waals surface area contributed by atoms with Crippen molar-refractivity contribution in [1.29, 1.82) is 0 Å². The van der Waals surface area contributed by atoms with Crippen molar-refractivity contribution in [3.8, 4) is 0 Å². The molecule has 0 spiro atoms. The smallest absolute Gasteiger partial charge is 0.289 e. The van der Waals surface area contributed by atoms with Gasteiger partial charge in [0.15, 0.2) is 5.76 Å². The second kappa shape index (κ2) is 7.12. The van der Waals surface area contributed by atoms with Crippen molar-refractivity contribution in [2.75, 3.05) is 20.2 Å². The van der Waals surface area contributed by atoms with E-state index in [0.29, 0.717) is 18.1 Å². The van der Waals surface area contributed by atoms with E-state index in [-0.39, 0.29) is 5.91 Å². The lowest BCUT2D eigenvalue weighted by Gasteiger charge is -2.19. The van der Waals surface area contributed by atoms with Gasteiger partial charge in [-0.3, -0.25) is 4.79 Å². The van der Waals surface area contributed by atoms with Crippen LogP contribution in [0.25, 0.3) is 0 Å². The summed E-state index contributed by atoms with van der Waals surface area (Å²) in [6.45, 7) is 6.07. The first-order valence-electron chi connectivity index (χ1n) is 6.09. The number of hydrogen-bond donors (Lipinski definition) is 0. The van der Waals surface area contributed by atoms with Gasteiger partial charge in [-0.1, -0.05) is 13.8 Å². The van der Waals surface area contributed by atoms with Gasteiger partial charge in [-0.25, -0.2) is 0 Å². The van der Waals surface area contributed by atoms with E-state index in [1.807, 2.05) is 4.90 Å². The number of methoxy groups -OCH3 is 1. The van der Waals surface area contributed by atoms with E-state index in [4.69, 9.17) is 9.15 Å². The summed E-state index contributed by atoms with van der Waals surface area (Å²) in [4.78, 5) is 14.0. The predicted octanol–water partition coefficient (Wildman–Crippen LogP) is 2.69. The molecule has 4 heteroatoms. The van der Waals surface area contributed by atoms with Crippen molar-refractivity contribution in [3.63, 3.8) is 0 Å². The number of ether oxygens (including phenoxy) is 1. The molecule has 0 aliphatic heterocycles. The molecule has 4 nitrogen and oxygen atoms in total. The van der Waals surface area contributed by atoms with E-state index >= 15 is 0 Å². The molecule has 1 aromatic heterocycles. The quantitative estimate of drug-likeness (QED) is 0.734. The summed E-state index contributed by atoms with van der Waals surface area (Å²) in [5.74, 6) is 1.05. The summed E-state index contributed by atoms with van der Waals surface area (Å²) in [7, 11) is 1.60. The Labute approximate surface area is 103 Å². The minimum absolute atomic E-state index is 0.0314. The largest absolute Gasteiger partial charge is 0.453 e. The predicted molar refractivity (Wildman–Crippen MR) is 65.9 cm³/mol. The standard InChI is InChI=1S/C13H21NO3/c1-4-8-14(9-5-2)13(15)12-7-6-11(17-12)10-16-3/h6-7H,4-5,8-10H2,1-3H3. The first-order chi connectivity index (χ1) is 8.22. The fraction of sp³-hybridized carbons (Fsp3) is 0.615. The van der Waals surface area contributed by atoms with Crippen LogP contribution in [0.5, 0.6) is 0 Å². The third-order valence-corrected chi connectivity index (χ3v) is 2.43. The van der Waals surface area contributed by atoms with Crippen molar-refractivity contribution in [3.05, 3.63) is 23.7 Å². The van der Waals surface area contributed by atoms with Crippen molar-refractivity contribution >= 4 is 5.91 Å². The van der Waals surface area contributed by atoms with Crippen LogP contribution in [0.1, 0.15) is 43.0 Å². The summed E-state index contributed by atoms with van der Waals surface area (Å²) in [6.07, 6.45) is 1.91. The van der Waals surface area contributed by atoms with Crippen LogP contribution < -0.4 is 0 Å². The van der Waals surface area contributed by atoms with Crippen LogP contribution in [0.3, 0.4) is 0 Å². The summed E-state index contributed by atoms with van der Waals surface area (Å²) in [5.41, 5.74) is 0. The molecule has 0 aliphatic rings. The molecule has 0 radical (unpaired) electrons. The highest BCUT2D eigenvalue weighted by Crippen LogP contribution is 2.12. The first kappa shape index (κ1) is 13.8. The number of hydrogen-bond acceptors (Lipinski definition) is 3. The van der Waals surface area contributed by atoms with E-state index < -0.39 is 0 Å². The zero-order valence-corrected chi connectivity index (χ0v) is 10.9. The molecular weight excluding hydrogens is 218 g/mol. The van der Waals surface area contributed by atoms with Crippen LogP contribution in [0.4, 0.5) is 0 Å². The Morgan fingerprint density at radius 1 is 1.29 bits per heavy atom. The van der Waals surface area contributed by atoms with Gasteiger partial charge >= 0.3 is 0 Å². The monoisotopic (exact) mass is 239 g/mol. The van der Waals surface area contributed by atoms with Crippen LogP contribution in [0, 0.1) is 0 Å². The van der Waals surface area contributed by atoms with Crippen molar-refractivity contribution in [1.82, 2.24) is 4.90 Å². The molecule has 0 saturated carbocycles. The van der Waals surface area contributed by atoms with Gasteiger partial charge in [0.05, 0.1) is 0 Å². The van der Waals surface area contributed by atoms with Crippen molar-refractivity contribution in [2.45, 2.75) is 33.3 Å². The molecule has 1 heterocycles. The Balaban J connectivity index is 2.70.